The second-order valence-corrected chi connectivity index (χ2v) is 7.30. The molecule has 158 valence electrons. The van der Waals surface area contributed by atoms with Crippen molar-refractivity contribution in [2.24, 2.45) is 0 Å². The molecule has 29 heavy (non-hydrogen) atoms. The third-order valence-electron chi connectivity index (χ3n) is 3.50. The van der Waals surface area contributed by atoms with Crippen molar-refractivity contribution in [3.8, 4) is 17.5 Å². The highest BCUT2D eigenvalue weighted by Gasteiger charge is 2.31. The van der Waals surface area contributed by atoms with E-state index < -0.39 is 11.7 Å². The van der Waals surface area contributed by atoms with Crippen molar-refractivity contribution >= 4 is 27.5 Å². The van der Waals surface area contributed by atoms with E-state index in [9.17, 15) is 13.2 Å². The van der Waals surface area contributed by atoms with Gasteiger partial charge in [0.1, 0.15) is 18.1 Å². The Kier molecular flexibility index (Phi) is 9.03. The molecule has 1 aromatic heterocycles. The van der Waals surface area contributed by atoms with E-state index in [-0.39, 0.29) is 12.6 Å². The van der Waals surface area contributed by atoms with Gasteiger partial charge < -0.3 is 14.2 Å². The molecule has 0 atom stereocenters. The molecule has 0 fully saturated rings. The SMILES string of the molecule is C/C(Cl)=C\COc1ccc(OCCCCOc2ncc(C(F)(F)F)cn2)c(Br)c1. The van der Waals surface area contributed by atoms with Crippen LogP contribution in [0.25, 0.3) is 0 Å². The Morgan fingerprint density at radius 3 is 2.34 bits per heavy atom. The van der Waals surface area contributed by atoms with E-state index in [4.69, 9.17) is 25.8 Å². The van der Waals surface area contributed by atoms with Crippen LogP contribution < -0.4 is 14.2 Å². The first-order valence-corrected chi connectivity index (χ1v) is 9.82. The lowest BCUT2D eigenvalue weighted by Gasteiger charge is -2.10. The maximum absolute atomic E-state index is 12.4. The molecule has 0 aliphatic heterocycles. The number of hydrogen-bond donors (Lipinski definition) is 0. The van der Waals surface area contributed by atoms with Crippen LogP contribution in [-0.2, 0) is 6.18 Å². The van der Waals surface area contributed by atoms with E-state index in [1.54, 1.807) is 31.2 Å². The van der Waals surface area contributed by atoms with Crippen molar-refractivity contribution in [1.29, 1.82) is 0 Å². The van der Waals surface area contributed by atoms with Crippen LogP contribution in [0.4, 0.5) is 13.2 Å². The van der Waals surface area contributed by atoms with Gasteiger partial charge in [0, 0.05) is 17.4 Å². The third kappa shape index (κ3) is 8.49. The number of benzene rings is 1. The highest BCUT2D eigenvalue weighted by Crippen LogP contribution is 2.30. The van der Waals surface area contributed by atoms with Gasteiger partial charge in [-0.15, -0.1) is 0 Å². The van der Waals surface area contributed by atoms with Crippen LogP contribution in [0.1, 0.15) is 25.3 Å². The molecule has 0 bridgehead atoms. The van der Waals surface area contributed by atoms with Gasteiger partial charge in [0.05, 0.1) is 23.2 Å². The predicted molar refractivity (Wildman–Crippen MR) is 107 cm³/mol. The minimum absolute atomic E-state index is 0.0866. The van der Waals surface area contributed by atoms with Gasteiger partial charge in [-0.25, -0.2) is 9.97 Å². The van der Waals surface area contributed by atoms with Gasteiger partial charge in [-0.2, -0.15) is 13.2 Å². The molecule has 1 aromatic carbocycles. The quantitative estimate of drug-likeness (QED) is 0.378. The van der Waals surface area contributed by atoms with Gasteiger partial charge in [-0.1, -0.05) is 11.6 Å². The van der Waals surface area contributed by atoms with E-state index in [0.717, 1.165) is 4.47 Å². The molecule has 0 spiro atoms. The standard InChI is InChI=1S/C19H19BrClF3N2O3/c1-13(21)6-9-27-15-4-5-17(16(20)10-15)28-7-2-3-8-29-18-25-11-14(12-26-18)19(22,23)24/h4-6,10-12H,2-3,7-9H2,1H3/b13-6+. The molecule has 5 nitrogen and oxygen atoms in total. The summed E-state index contributed by atoms with van der Waals surface area (Å²) in [6.07, 6.45) is 0.0117. The third-order valence-corrected chi connectivity index (χ3v) is 4.27. The fourth-order valence-electron chi connectivity index (χ4n) is 2.03. The average molecular weight is 496 g/mol. The lowest BCUT2D eigenvalue weighted by atomic mass is 10.3. The van der Waals surface area contributed by atoms with Crippen molar-refractivity contribution < 1.29 is 27.4 Å². The van der Waals surface area contributed by atoms with Crippen LogP contribution in [-0.4, -0.2) is 29.8 Å². The van der Waals surface area contributed by atoms with Crippen molar-refractivity contribution in [3.05, 3.63) is 51.7 Å². The van der Waals surface area contributed by atoms with Gasteiger partial charge in [0.2, 0.25) is 0 Å². The molecular formula is C19H19BrClF3N2O3. The van der Waals surface area contributed by atoms with E-state index in [1.807, 2.05) is 0 Å². The number of allylic oxidation sites excluding steroid dienone is 1. The van der Waals surface area contributed by atoms with Crippen molar-refractivity contribution in [1.82, 2.24) is 9.97 Å². The molecule has 0 unspecified atom stereocenters. The number of rotatable bonds is 10. The van der Waals surface area contributed by atoms with Crippen LogP contribution in [0, 0.1) is 0 Å². The Hall–Kier alpha value is -2.00. The number of alkyl halides is 3. The largest absolute Gasteiger partial charge is 0.492 e. The Balaban J connectivity index is 1.67. The second kappa shape index (κ2) is 11.3. The highest BCUT2D eigenvalue weighted by molar-refractivity contribution is 9.10. The van der Waals surface area contributed by atoms with Crippen molar-refractivity contribution in [2.45, 2.75) is 25.9 Å². The number of unbranched alkanes of at least 4 members (excludes halogenated alkanes) is 1. The molecule has 1 heterocycles. The maximum atomic E-state index is 12.4. The van der Waals surface area contributed by atoms with Crippen molar-refractivity contribution in [2.75, 3.05) is 19.8 Å². The molecule has 0 aliphatic rings. The average Bonchev–Trinajstić information content (AvgIpc) is 2.65. The predicted octanol–water partition coefficient (Wildman–Crippen LogP) is 6.02. The van der Waals surface area contributed by atoms with Gasteiger partial charge in [-0.05, 0) is 60.0 Å². The summed E-state index contributed by atoms with van der Waals surface area (Å²) in [6.45, 7) is 2.88. The minimum atomic E-state index is -4.46. The summed E-state index contributed by atoms with van der Waals surface area (Å²) in [5, 5.41) is 0.665. The normalized spacial score (nSPS) is 12.0. The summed E-state index contributed by atoms with van der Waals surface area (Å²) >= 11 is 9.18. The lowest BCUT2D eigenvalue weighted by Crippen LogP contribution is -2.08. The zero-order valence-corrected chi connectivity index (χ0v) is 17.9. The van der Waals surface area contributed by atoms with Crippen LogP contribution in [0.3, 0.4) is 0 Å². The van der Waals surface area contributed by atoms with E-state index in [1.165, 1.54) is 0 Å². The molecular weight excluding hydrogens is 477 g/mol. The number of nitrogens with zero attached hydrogens (tertiary/aromatic N) is 2. The number of aromatic nitrogens is 2. The molecule has 0 saturated heterocycles. The first-order valence-electron chi connectivity index (χ1n) is 8.65. The molecule has 0 saturated carbocycles. The van der Waals surface area contributed by atoms with E-state index >= 15 is 0 Å². The molecule has 0 N–H and O–H groups in total. The summed E-state index contributed by atoms with van der Waals surface area (Å²) in [5.74, 6) is 1.36. The zero-order chi connectivity index (χ0) is 21.3. The summed E-state index contributed by atoms with van der Waals surface area (Å²) in [5.41, 5.74) is -0.911. The Morgan fingerprint density at radius 1 is 1.10 bits per heavy atom. The molecule has 0 aliphatic carbocycles. The fourth-order valence-corrected chi connectivity index (χ4v) is 2.56. The van der Waals surface area contributed by atoms with Gasteiger partial charge in [0.15, 0.2) is 0 Å². The molecule has 0 amide bonds. The summed E-state index contributed by atoms with van der Waals surface area (Å²) in [4.78, 5) is 7.10. The van der Waals surface area contributed by atoms with Crippen molar-refractivity contribution in [3.63, 3.8) is 0 Å². The summed E-state index contributed by atoms with van der Waals surface area (Å²) in [7, 11) is 0. The zero-order valence-electron chi connectivity index (χ0n) is 15.5. The first-order chi connectivity index (χ1) is 13.8. The highest BCUT2D eigenvalue weighted by atomic mass is 79.9. The lowest BCUT2D eigenvalue weighted by molar-refractivity contribution is -0.138. The molecule has 2 aromatic rings. The van der Waals surface area contributed by atoms with Crippen LogP contribution in [0.15, 0.2) is 46.2 Å². The first kappa shape index (κ1) is 23.3. The van der Waals surface area contributed by atoms with Crippen LogP contribution in [0.2, 0.25) is 0 Å². The number of ether oxygens (including phenoxy) is 3. The summed E-state index contributed by atoms with van der Waals surface area (Å²) in [6, 6.07) is 5.31. The van der Waals surface area contributed by atoms with E-state index in [0.29, 0.717) is 55.0 Å². The smallest absolute Gasteiger partial charge is 0.419 e. The maximum Gasteiger partial charge on any atom is 0.419 e. The summed E-state index contributed by atoms with van der Waals surface area (Å²) < 4.78 is 54.5. The number of hydrogen-bond acceptors (Lipinski definition) is 5. The minimum Gasteiger partial charge on any atom is -0.492 e. The number of halogens is 5. The van der Waals surface area contributed by atoms with E-state index in [2.05, 4.69) is 25.9 Å². The molecule has 0 radical (unpaired) electrons. The fraction of sp³-hybridized carbons (Fsp3) is 0.368. The van der Waals surface area contributed by atoms with Gasteiger partial charge in [-0.3, -0.25) is 0 Å². The molecule has 2 rings (SSSR count). The van der Waals surface area contributed by atoms with Gasteiger partial charge in [0.25, 0.3) is 0 Å². The van der Waals surface area contributed by atoms with Gasteiger partial charge >= 0.3 is 12.2 Å². The van der Waals surface area contributed by atoms with Crippen LogP contribution in [0.5, 0.6) is 17.5 Å². The topological polar surface area (TPSA) is 53.5 Å². The monoisotopic (exact) mass is 494 g/mol. The van der Waals surface area contributed by atoms with Crippen LogP contribution >= 0.6 is 27.5 Å². The Morgan fingerprint density at radius 2 is 1.76 bits per heavy atom. The Bertz CT molecular complexity index is 813. The Labute approximate surface area is 180 Å². The second-order valence-electron chi connectivity index (χ2n) is 5.85. The molecule has 10 heteroatoms.